The van der Waals surface area contributed by atoms with Crippen molar-refractivity contribution in [3.8, 4) is 11.5 Å². The normalized spacial score (nSPS) is 32.3. The molecule has 7 nitrogen and oxygen atoms in total. The maximum absolute atomic E-state index is 10.2. The van der Waals surface area contributed by atoms with E-state index in [9.17, 15) is 20.4 Å². The number of rotatable bonds is 4. The molecule has 2 heterocycles. The lowest BCUT2D eigenvalue weighted by molar-refractivity contribution is -0.277. The summed E-state index contributed by atoms with van der Waals surface area (Å²) in [5, 5.41) is 39.5. The number of aliphatic hydroxyl groups is 4. The van der Waals surface area contributed by atoms with E-state index in [1.165, 1.54) is 0 Å². The number of aryl methyl sites for hydroxylation is 1. The zero-order chi connectivity index (χ0) is 19.7. The number of fused-ring (bicyclic) bond motifs is 1. The summed E-state index contributed by atoms with van der Waals surface area (Å²) in [6, 6.07) is 15.2. The summed E-state index contributed by atoms with van der Waals surface area (Å²) in [4.78, 5) is 0. The molecule has 1 unspecified atom stereocenters. The van der Waals surface area contributed by atoms with Crippen LogP contribution in [0.2, 0.25) is 0 Å². The summed E-state index contributed by atoms with van der Waals surface area (Å²) in [7, 11) is 0. The molecular weight excluding hydrogens is 364 g/mol. The minimum absolute atomic E-state index is 0.226. The Labute approximate surface area is 162 Å². The molecule has 150 valence electrons. The van der Waals surface area contributed by atoms with Gasteiger partial charge in [-0.05, 0) is 30.5 Å². The largest absolute Gasteiger partial charge is 0.485 e. The van der Waals surface area contributed by atoms with E-state index in [4.69, 9.17) is 14.2 Å². The van der Waals surface area contributed by atoms with E-state index in [-0.39, 0.29) is 6.10 Å². The first-order valence-corrected chi connectivity index (χ1v) is 9.39. The molecule has 4 rings (SSSR count). The average Bonchev–Trinajstić information content (AvgIpc) is 2.74. The summed E-state index contributed by atoms with van der Waals surface area (Å²) in [6.07, 6.45) is -5.20. The molecule has 4 N–H and O–H groups in total. The maximum atomic E-state index is 10.2. The van der Waals surface area contributed by atoms with Gasteiger partial charge in [0.1, 0.15) is 42.0 Å². The van der Waals surface area contributed by atoms with Crippen molar-refractivity contribution in [1.82, 2.24) is 0 Å². The molecule has 6 atom stereocenters. The molecule has 2 aliphatic heterocycles. The van der Waals surface area contributed by atoms with Crippen molar-refractivity contribution in [2.45, 2.75) is 49.7 Å². The molecule has 0 aliphatic carbocycles. The third-order valence-corrected chi connectivity index (χ3v) is 5.28. The lowest BCUT2D eigenvalue weighted by Crippen LogP contribution is -2.60. The Morgan fingerprint density at radius 3 is 2.50 bits per heavy atom. The molecule has 0 saturated carbocycles. The number of hydrogen-bond donors (Lipinski definition) is 4. The predicted molar refractivity (Wildman–Crippen MR) is 99.0 cm³/mol. The minimum atomic E-state index is -1.49. The first kappa shape index (κ1) is 19.2. The van der Waals surface area contributed by atoms with E-state index in [1.807, 2.05) is 36.4 Å². The van der Waals surface area contributed by atoms with E-state index in [0.29, 0.717) is 5.75 Å². The monoisotopic (exact) mass is 388 g/mol. The lowest BCUT2D eigenvalue weighted by Gasteiger charge is -2.40. The number of para-hydroxylation sites is 2. The first-order valence-electron chi connectivity index (χ1n) is 9.39. The molecule has 0 bridgehead atoms. The summed E-state index contributed by atoms with van der Waals surface area (Å²) >= 11 is 0. The van der Waals surface area contributed by atoms with Crippen molar-refractivity contribution in [2.75, 3.05) is 6.61 Å². The Balaban J connectivity index is 1.55. The number of benzene rings is 2. The van der Waals surface area contributed by atoms with Gasteiger partial charge in [0.25, 0.3) is 0 Å². The van der Waals surface area contributed by atoms with Gasteiger partial charge >= 0.3 is 0 Å². The number of hydrogen-bond acceptors (Lipinski definition) is 7. The van der Waals surface area contributed by atoms with Crippen LogP contribution in [0.25, 0.3) is 0 Å². The fourth-order valence-electron chi connectivity index (χ4n) is 3.69. The Kier molecular flexibility index (Phi) is 5.52. The second-order valence-electron chi connectivity index (χ2n) is 7.11. The van der Waals surface area contributed by atoms with Crippen molar-refractivity contribution in [2.24, 2.45) is 0 Å². The van der Waals surface area contributed by atoms with E-state index in [0.717, 1.165) is 29.7 Å². The molecular formula is C21H24O7. The molecule has 0 amide bonds. The molecule has 28 heavy (non-hydrogen) atoms. The Morgan fingerprint density at radius 2 is 1.68 bits per heavy atom. The van der Waals surface area contributed by atoms with Crippen LogP contribution in [0.1, 0.15) is 23.7 Å². The zero-order valence-corrected chi connectivity index (χ0v) is 15.2. The molecule has 2 aromatic carbocycles. The van der Waals surface area contributed by atoms with Crippen LogP contribution in [-0.4, -0.2) is 57.7 Å². The zero-order valence-electron chi connectivity index (χ0n) is 15.2. The fraction of sp³-hybridized carbons (Fsp3) is 0.429. The quantitative estimate of drug-likeness (QED) is 0.617. The minimum Gasteiger partial charge on any atom is -0.485 e. The van der Waals surface area contributed by atoms with Gasteiger partial charge in [0, 0.05) is 5.56 Å². The van der Waals surface area contributed by atoms with E-state index < -0.39 is 37.3 Å². The molecule has 0 spiro atoms. The van der Waals surface area contributed by atoms with E-state index in [2.05, 4.69) is 0 Å². The van der Waals surface area contributed by atoms with Gasteiger partial charge in [0.2, 0.25) is 6.29 Å². The van der Waals surface area contributed by atoms with Gasteiger partial charge in [-0.25, -0.2) is 0 Å². The second-order valence-corrected chi connectivity index (χ2v) is 7.11. The van der Waals surface area contributed by atoms with Crippen LogP contribution in [0.5, 0.6) is 11.5 Å². The number of ether oxygens (including phenoxy) is 3. The average molecular weight is 388 g/mol. The third-order valence-electron chi connectivity index (χ3n) is 5.28. The summed E-state index contributed by atoms with van der Waals surface area (Å²) < 4.78 is 17.5. The highest BCUT2D eigenvalue weighted by atomic mass is 16.7. The van der Waals surface area contributed by atoms with Gasteiger partial charge in [-0.2, -0.15) is 0 Å². The fourth-order valence-corrected chi connectivity index (χ4v) is 3.69. The van der Waals surface area contributed by atoms with Crippen molar-refractivity contribution >= 4 is 0 Å². The molecule has 0 aromatic heterocycles. The Hall–Kier alpha value is -2.16. The Bertz CT molecular complexity index is 809. The van der Waals surface area contributed by atoms with Crippen LogP contribution >= 0.6 is 0 Å². The van der Waals surface area contributed by atoms with Crippen LogP contribution in [0, 0.1) is 0 Å². The summed E-state index contributed by atoms with van der Waals surface area (Å²) in [5.74, 6) is 1.29. The molecule has 1 fully saturated rings. The van der Waals surface area contributed by atoms with Crippen LogP contribution in [0.4, 0.5) is 0 Å². The lowest BCUT2D eigenvalue weighted by atomic mass is 9.96. The van der Waals surface area contributed by atoms with Crippen molar-refractivity contribution < 1.29 is 34.6 Å². The van der Waals surface area contributed by atoms with Crippen molar-refractivity contribution in [3.05, 3.63) is 59.7 Å². The first-order chi connectivity index (χ1) is 13.6. The maximum Gasteiger partial charge on any atom is 0.229 e. The smallest absolute Gasteiger partial charge is 0.229 e. The van der Waals surface area contributed by atoms with Crippen LogP contribution < -0.4 is 9.47 Å². The van der Waals surface area contributed by atoms with E-state index in [1.54, 1.807) is 12.1 Å². The van der Waals surface area contributed by atoms with Crippen molar-refractivity contribution in [3.63, 3.8) is 0 Å². The molecule has 2 aliphatic rings. The number of aliphatic hydroxyl groups excluding tert-OH is 4. The molecule has 1 saturated heterocycles. The highest BCUT2D eigenvalue weighted by Crippen LogP contribution is 2.38. The highest BCUT2D eigenvalue weighted by molar-refractivity contribution is 5.40. The van der Waals surface area contributed by atoms with Crippen LogP contribution in [0.3, 0.4) is 0 Å². The SMILES string of the molecule is OC[C@H]1O[C@@H](Oc2ccccc2C2CCc3ccccc3O2)[C@H](O)[C@@H](O)[C@@H]1O. The Morgan fingerprint density at radius 1 is 0.929 bits per heavy atom. The summed E-state index contributed by atoms with van der Waals surface area (Å²) in [5.41, 5.74) is 1.96. The third kappa shape index (κ3) is 3.59. The summed E-state index contributed by atoms with van der Waals surface area (Å²) in [6.45, 7) is -0.505. The molecule has 0 radical (unpaired) electrons. The van der Waals surface area contributed by atoms with Crippen LogP contribution in [0.15, 0.2) is 48.5 Å². The predicted octanol–water partition coefficient (Wildman–Crippen LogP) is 0.932. The topological polar surface area (TPSA) is 109 Å². The van der Waals surface area contributed by atoms with Gasteiger partial charge in [0.15, 0.2) is 0 Å². The van der Waals surface area contributed by atoms with Gasteiger partial charge in [-0.15, -0.1) is 0 Å². The van der Waals surface area contributed by atoms with Gasteiger partial charge in [-0.1, -0.05) is 36.4 Å². The van der Waals surface area contributed by atoms with Gasteiger partial charge < -0.3 is 34.6 Å². The van der Waals surface area contributed by atoms with Gasteiger partial charge in [-0.3, -0.25) is 0 Å². The second kappa shape index (κ2) is 8.06. The van der Waals surface area contributed by atoms with Crippen molar-refractivity contribution in [1.29, 1.82) is 0 Å². The molecule has 2 aromatic rings. The highest BCUT2D eigenvalue weighted by Gasteiger charge is 2.45. The molecule has 7 heteroatoms. The van der Waals surface area contributed by atoms with E-state index >= 15 is 0 Å². The van der Waals surface area contributed by atoms with Crippen LogP contribution in [-0.2, 0) is 11.2 Å². The van der Waals surface area contributed by atoms with Gasteiger partial charge in [0.05, 0.1) is 6.61 Å². The standard InChI is InChI=1S/C21H24O7/c22-11-17-18(23)19(24)20(25)21(28-17)27-15-8-4-2-6-13(15)16-10-9-12-5-1-3-7-14(12)26-16/h1-8,16-25H,9-11H2/t16?,17-,18-,19+,20-,21-/m1/s1.